The highest BCUT2D eigenvalue weighted by Crippen LogP contribution is 2.32. The maximum atomic E-state index is 11.9. The highest BCUT2D eigenvalue weighted by Gasteiger charge is 2.33. The first-order valence-electron chi connectivity index (χ1n) is 4.22. The molecule has 0 bridgehead atoms. The van der Waals surface area contributed by atoms with Gasteiger partial charge in [-0.15, -0.1) is 13.2 Å². The minimum atomic E-state index is -4.99. The molecule has 0 radical (unpaired) electrons. The lowest BCUT2D eigenvalue weighted by Crippen LogP contribution is -2.21. The molecule has 0 aliphatic rings. The van der Waals surface area contributed by atoms with E-state index < -0.39 is 30.6 Å². The predicted molar refractivity (Wildman–Crippen MR) is 44.7 cm³/mol. The SMILES string of the molecule is FC(F)(F)COc1ccccc1OC(F)(F)F. The van der Waals surface area contributed by atoms with Gasteiger partial charge in [-0.1, -0.05) is 12.1 Å². The fourth-order valence-corrected chi connectivity index (χ4v) is 0.938. The summed E-state index contributed by atoms with van der Waals surface area (Å²) in [5, 5.41) is 0. The zero-order chi connectivity index (χ0) is 13.1. The molecular weight excluding hydrogens is 254 g/mol. The van der Waals surface area contributed by atoms with Crippen LogP contribution in [0.1, 0.15) is 0 Å². The van der Waals surface area contributed by atoms with Crippen LogP contribution in [0.2, 0.25) is 0 Å². The van der Waals surface area contributed by atoms with E-state index in [1.54, 1.807) is 0 Å². The van der Waals surface area contributed by atoms with Gasteiger partial charge in [0.15, 0.2) is 18.1 Å². The molecule has 1 rings (SSSR count). The molecule has 0 fully saturated rings. The average Bonchev–Trinajstić information content (AvgIpc) is 2.12. The molecule has 0 saturated carbocycles. The Hall–Kier alpha value is -1.60. The van der Waals surface area contributed by atoms with Crippen LogP contribution in [0.15, 0.2) is 24.3 Å². The minimum Gasteiger partial charge on any atom is -0.480 e. The summed E-state index contributed by atoms with van der Waals surface area (Å²) in [6, 6.07) is 4.22. The third kappa shape index (κ3) is 5.32. The Kier molecular flexibility index (Phi) is 3.74. The molecule has 2 nitrogen and oxygen atoms in total. The molecule has 0 aliphatic carbocycles. The van der Waals surface area contributed by atoms with Crippen LogP contribution < -0.4 is 9.47 Å². The Labute approximate surface area is 91.7 Å². The van der Waals surface area contributed by atoms with Gasteiger partial charge in [-0.25, -0.2) is 0 Å². The lowest BCUT2D eigenvalue weighted by atomic mass is 10.3. The largest absolute Gasteiger partial charge is 0.573 e. The Morgan fingerprint density at radius 3 is 1.88 bits per heavy atom. The van der Waals surface area contributed by atoms with Crippen LogP contribution in [0.5, 0.6) is 11.5 Å². The second kappa shape index (κ2) is 4.72. The van der Waals surface area contributed by atoms with Crippen LogP contribution >= 0.6 is 0 Å². The molecule has 0 aromatic heterocycles. The van der Waals surface area contributed by atoms with E-state index in [1.807, 2.05) is 0 Å². The Bertz CT molecular complexity index is 370. The van der Waals surface area contributed by atoms with Crippen molar-refractivity contribution in [3.05, 3.63) is 24.3 Å². The van der Waals surface area contributed by atoms with Gasteiger partial charge >= 0.3 is 12.5 Å². The van der Waals surface area contributed by atoms with Gasteiger partial charge in [-0.05, 0) is 12.1 Å². The minimum absolute atomic E-state index is 0.623. The molecule has 0 saturated heterocycles. The van der Waals surface area contributed by atoms with Gasteiger partial charge in [-0.2, -0.15) is 13.2 Å². The average molecular weight is 260 g/mol. The van der Waals surface area contributed by atoms with Crippen molar-refractivity contribution < 1.29 is 35.8 Å². The molecular formula is C9H6F6O2. The number of alkyl halides is 6. The molecule has 96 valence electrons. The van der Waals surface area contributed by atoms with Gasteiger partial charge in [0, 0.05) is 0 Å². The van der Waals surface area contributed by atoms with Crippen molar-refractivity contribution in [2.45, 2.75) is 12.5 Å². The van der Waals surface area contributed by atoms with Crippen LogP contribution in [0.3, 0.4) is 0 Å². The van der Waals surface area contributed by atoms with E-state index in [9.17, 15) is 26.3 Å². The van der Waals surface area contributed by atoms with E-state index in [1.165, 1.54) is 12.1 Å². The van der Waals surface area contributed by atoms with E-state index >= 15 is 0 Å². The number of ether oxygens (including phenoxy) is 2. The van der Waals surface area contributed by atoms with Gasteiger partial charge in [0.05, 0.1) is 0 Å². The lowest BCUT2D eigenvalue weighted by molar-refractivity contribution is -0.275. The monoisotopic (exact) mass is 260 g/mol. The topological polar surface area (TPSA) is 18.5 Å². The summed E-state index contributed by atoms with van der Waals surface area (Å²) in [5.41, 5.74) is 0. The van der Waals surface area contributed by atoms with Crippen molar-refractivity contribution in [1.82, 2.24) is 0 Å². The molecule has 0 amide bonds. The number of halogens is 6. The lowest BCUT2D eigenvalue weighted by Gasteiger charge is -2.14. The maximum absolute atomic E-state index is 11.9. The smallest absolute Gasteiger partial charge is 0.480 e. The van der Waals surface area contributed by atoms with Crippen LogP contribution in [0.4, 0.5) is 26.3 Å². The van der Waals surface area contributed by atoms with Crippen molar-refractivity contribution in [1.29, 1.82) is 0 Å². The first-order chi connectivity index (χ1) is 7.67. The van der Waals surface area contributed by atoms with Crippen molar-refractivity contribution in [2.75, 3.05) is 6.61 Å². The first-order valence-corrected chi connectivity index (χ1v) is 4.22. The molecule has 0 heterocycles. The molecule has 17 heavy (non-hydrogen) atoms. The highest BCUT2D eigenvalue weighted by atomic mass is 19.4. The number of hydrogen-bond acceptors (Lipinski definition) is 2. The van der Waals surface area contributed by atoms with E-state index in [4.69, 9.17) is 0 Å². The highest BCUT2D eigenvalue weighted by molar-refractivity contribution is 5.39. The number of rotatable bonds is 3. The van der Waals surface area contributed by atoms with Gasteiger partial charge in [0.25, 0.3) is 0 Å². The summed E-state index contributed by atoms with van der Waals surface area (Å²) in [6.07, 6.45) is -9.62. The summed E-state index contributed by atoms with van der Waals surface area (Å²) in [5.74, 6) is -1.44. The quantitative estimate of drug-likeness (QED) is 0.774. The summed E-state index contributed by atoms with van der Waals surface area (Å²) >= 11 is 0. The van der Waals surface area contributed by atoms with E-state index in [-0.39, 0.29) is 0 Å². The molecule has 1 aromatic carbocycles. The number of hydrogen-bond donors (Lipinski definition) is 0. The molecule has 1 aromatic rings. The van der Waals surface area contributed by atoms with Crippen LogP contribution in [-0.2, 0) is 0 Å². The maximum Gasteiger partial charge on any atom is 0.573 e. The second-order valence-electron chi connectivity index (χ2n) is 2.90. The standard InChI is InChI=1S/C9H6F6O2/c10-8(11,12)5-16-6-3-1-2-4-7(6)17-9(13,14)15/h1-4H,5H2. The predicted octanol–water partition coefficient (Wildman–Crippen LogP) is 3.53. The Morgan fingerprint density at radius 2 is 1.41 bits per heavy atom. The first kappa shape index (κ1) is 13.5. The molecule has 0 atom stereocenters. The van der Waals surface area contributed by atoms with Crippen molar-refractivity contribution in [2.24, 2.45) is 0 Å². The van der Waals surface area contributed by atoms with Crippen molar-refractivity contribution in [3.63, 3.8) is 0 Å². The van der Waals surface area contributed by atoms with Crippen molar-refractivity contribution >= 4 is 0 Å². The van der Waals surface area contributed by atoms with E-state index in [0.29, 0.717) is 0 Å². The number of benzene rings is 1. The normalized spacial score (nSPS) is 12.4. The van der Waals surface area contributed by atoms with Gasteiger partial charge in [0.2, 0.25) is 0 Å². The third-order valence-electron chi connectivity index (χ3n) is 1.47. The molecule has 8 heteroatoms. The van der Waals surface area contributed by atoms with E-state index in [2.05, 4.69) is 9.47 Å². The van der Waals surface area contributed by atoms with Gasteiger partial charge in [0.1, 0.15) is 0 Å². The Morgan fingerprint density at radius 1 is 0.882 bits per heavy atom. The fourth-order valence-electron chi connectivity index (χ4n) is 0.938. The molecule has 0 N–H and O–H groups in total. The second-order valence-corrected chi connectivity index (χ2v) is 2.90. The summed E-state index contributed by atoms with van der Waals surface area (Å²) < 4.78 is 78.9. The zero-order valence-corrected chi connectivity index (χ0v) is 8.10. The van der Waals surface area contributed by atoms with E-state index in [0.717, 1.165) is 12.1 Å². The molecule has 0 aliphatic heterocycles. The van der Waals surface area contributed by atoms with Crippen LogP contribution in [0.25, 0.3) is 0 Å². The summed E-state index contributed by atoms with van der Waals surface area (Å²) in [6.45, 7) is -1.69. The number of para-hydroxylation sites is 2. The van der Waals surface area contributed by atoms with Crippen molar-refractivity contribution in [3.8, 4) is 11.5 Å². The van der Waals surface area contributed by atoms with Crippen LogP contribution in [0, 0.1) is 0 Å². The van der Waals surface area contributed by atoms with Gasteiger partial charge < -0.3 is 9.47 Å². The summed E-state index contributed by atoms with van der Waals surface area (Å²) in [4.78, 5) is 0. The molecule has 0 spiro atoms. The van der Waals surface area contributed by atoms with Crippen LogP contribution in [-0.4, -0.2) is 19.1 Å². The zero-order valence-electron chi connectivity index (χ0n) is 8.10. The third-order valence-corrected chi connectivity index (χ3v) is 1.47. The Balaban J connectivity index is 2.78. The fraction of sp³-hybridized carbons (Fsp3) is 0.333. The van der Waals surface area contributed by atoms with Gasteiger partial charge in [-0.3, -0.25) is 0 Å². The summed E-state index contributed by atoms with van der Waals surface area (Å²) in [7, 11) is 0. The molecule has 0 unspecified atom stereocenters.